The number of nitrogens with zero attached hydrogens (tertiary/aromatic N) is 3. The van der Waals surface area contributed by atoms with E-state index in [4.69, 9.17) is 4.74 Å². The van der Waals surface area contributed by atoms with Crippen molar-refractivity contribution in [1.29, 1.82) is 0 Å². The SMILES string of the molecule is COc1cc(C(=O)NC[C@](O)(c2cc(C(C)(C)O)cc(-c3ccc(F)cc3)n2)C(C)(F)F)cc2cc(C)nnc12. The van der Waals surface area contributed by atoms with Gasteiger partial charge >= 0.3 is 0 Å². The number of amides is 1. The minimum atomic E-state index is -3.79. The first-order chi connectivity index (χ1) is 18.6. The predicted molar refractivity (Wildman–Crippen MR) is 143 cm³/mol. The van der Waals surface area contributed by atoms with Crippen molar-refractivity contribution in [3.63, 3.8) is 0 Å². The smallest absolute Gasteiger partial charge is 0.280 e. The minimum absolute atomic E-state index is 0.0868. The van der Waals surface area contributed by atoms with Gasteiger partial charge in [0.2, 0.25) is 0 Å². The Balaban J connectivity index is 1.75. The number of halogens is 3. The van der Waals surface area contributed by atoms with Gasteiger partial charge in [-0.2, -0.15) is 5.10 Å². The average molecular weight is 555 g/mol. The molecule has 0 spiro atoms. The van der Waals surface area contributed by atoms with Crippen LogP contribution in [-0.2, 0) is 11.2 Å². The van der Waals surface area contributed by atoms with Gasteiger partial charge in [-0.25, -0.2) is 18.2 Å². The highest BCUT2D eigenvalue weighted by Gasteiger charge is 2.52. The molecule has 4 rings (SSSR count). The normalized spacial score (nSPS) is 13.7. The lowest BCUT2D eigenvalue weighted by Gasteiger charge is -2.34. The number of carbonyl (C=O) groups is 1. The number of rotatable bonds is 8. The summed E-state index contributed by atoms with van der Waals surface area (Å²) in [5.41, 5.74) is -3.18. The van der Waals surface area contributed by atoms with Crippen molar-refractivity contribution in [2.75, 3.05) is 13.7 Å². The van der Waals surface area contributed by atoms with Gasteiger partial charge in [0, 0.05) is 23.4 Å². The Kier molecular flexibility index (Phi) is 7.57. The van der Waals surface area contributed by atoms with Crippen LogP contribution in [0.2, 0.25) is 0 Å². The van der Waals surface area contributed by atoms with Crippen LogP contribution in [0.15, 0.2) is 54.6 Å². The van der Waals surface area contributed by atoms with E-state index in [1.807, 2.05) is 0 Å². The van der Waals surface area contributed by atoms with Gasteiger partial charge in [-0.05, 0) is 80.9 Å². The third-order valence-corrected chi connectivity index (χ3v) is 6.59. The van der Waals surface area contributed by atoms with Crippen molar-refractivity contribution in [3.8, 4) is 17.0 Å². The summed E-state index contributed by atoms with van der Waals surface area (Å²) in [7, 11) is 1.40. The molecule has 2 aromatic carbocycles. The van der Waals surface area contributed by atoms with Crippen LogP contribution in [0.1, 0.15) is 48.1 Å². The van der Waals surface area contributed by atoms with Crippen LogP contribution in [-0.4, -0.2) is 50.9 Å². The first-order valence-corrected chi connectivity index (χ1v) is 12.3. The van der Waals surface area contributed by atoms with Crippen molar-refractivity contribution in [3.05, 3.63) is 82.9 Å². The Bertz CT molecular complexity index is 1570. The number of aryl methyl sites for hydroxylation is 1. The molecular formula is C29H29F3N4O4. The van der Waals surface area contributed by atoms with Crippen LogP contribution in [0, 0.1) is 12.7 Å². The molecule has 1 amide bonds. The fraction of sp³-hybridized carbons (Fsp3) is 0.310. The van der Waals surface area contributed by atoms with E-state index in [1.54, 1.807) is 13.0 Å². The van der Waals surface area contributed by atoms with E-state index in [9.17, 15) is 19.4 Å². The van der Waals surface area contributed by atoms with Crippen LogP contribution in [0.25, 0.3) is 22.2 Å². The Morgan fingerprint density at radius 2 is 1.68 bits per heavy atom. The largest absolute Gasteiger partial charge is 0.494 e. The van der Waals surface area contributed by atoms with Gasteiger partial charge in [-0.3, -0.25) is 4.79 Å². The molecule has 0 unspecified atom stereocenters. The summed E-state index contributed by atoms with van der Waals surface area (Å²) in [6.07, 6.45) is 0. The molecule has 0 saturated heterocycles. The number of benzene rings is 2. The number of fused-ring (bicyclic) bond motifs is 1. The summed E-state index contributed by atoms with van der Waals surface area (Å²) in [4.78, 5) is 17.4. The van der Waals surface area contributed by atoms with Gasteiger partial charge in [0.1, 0.15) is 17.1 Å². The summed E-state index contributed by atoms with van der Waals surface area (Å²) in [6, 6.07) is 12.4. The topological polar surface area (TPSA) is 117 Å². The zero-order valence-electron chi connectivity index (χ0n) is 22.6. The summed E-state index contributed by atoms with van der Waals surface area (Å²) in [5, 5.41) is 33.1. The molecule has 40 heavy (non-hydrogen) atoms. The van der Waals surface area contributed by atoms with Crippen LogP contribution < -0.4 is 10.1 Å². The lowest BCUT2D eigenvalue weighted by molar-refractivity contribution is -0.174. The van der Waals surface area contributed by atoms with E-state index in [1.165, 1.54) is 63.4 Å². The fourth-order valence-electron chi connectivity index (χ4n) is 4.16. The third kappa shape index (κ3) is 5.75. The number of ether oxygens (including phenoxy) is 1. The quantitative estimate of drug-likeness (QED) is 0.290. The molecule has 0 aliphatic carbocycles. The van der Waals surface area contributed by atoms with E-state index in [2.05, 4.69) is 20.5 Å². The van der Waals surface area contributed by atoms with E-state index >= 15 is 8.78 Å². The molecule has 3 N–H and O–H groups in total. The first kappa shape index (κ1) is 28.9. The first-order valence-electron chi connectivity index (χ1n) is 12.3. The number of nitrogens with one attached hydrogen (secondary N) is 1. The van der Waals surface area contributed by atoms with Crippen molar-refractivity contribution < 1.29 is 32.9 Å². The van der Waals surface area contributed by atoms with E-state index in [-0.39, 0.29) is 22.6 Å². The number of aliphatic hydroxyl groups is 2. The van der Waals surface area contributed by atoms with Crippen molar-refractivity contribution in [2.24, 2.45) is 0 Å². The molecule has 0 aliphatic heterocycles. The van der Waals surface area contributed by atoms with Crippen LogP contribution >= 0.6 is 0 Å². The van der Waals surface area contributed by atoms with Crippen molar-refractivity contribution in [1.82, 2.24) is 20.5 Å². The van der Waals surface area contributed by atoms with Gasteiger partial charge in [0.05, 0.1) is 36.3 Å². The molecule has 0 fully saturated rings. The Labute approximate surface area is 228 Å². The number of aromatic nitrogens is 3. The molecule has 0 bridgehead atoms. The predicted octanol–water partition coefficient (Wildman–Crippen LogP) is 4.65. The molecule has 11 heteroatoms. The van der Waals surface area contributed by atoms with E-state index < -0.39 is 41.1 Å². The van der Waals surface area contributed by atoms with Crippen LogP contribution in [0.5, 0.6) is 5.75 Å². The number of hydrogen-bond acceptors (Lipinski definition) is 7. The summed E-state index contributed by atoms with van der Waals surface area (Å²) in [6.45, 7) is 4.21. The monoisotopic (exact) mass is 554 g/mol. The Hall–Kier alpha value is -4.09. The van der Waals surface area contributed by atoms with E-state index in [0.717, 1.165) is 6.07 Å². The minimum Gasteiger partial charge on any atom is -0.494 e. The van der Waals surface area contributed by atoms with E-state index in [0.29, 0.717) is 29.1 Å². The van der Waals surface area contributed by atoms with Gasteiger partial charge in [0.25, 0.3) is 11.8 Å². The molecular weight excluding hydrogens is 525 g/mol. The van der Waals surface area contributed by atoms with Gasteiger partial charge in [-0.1, -0.05) is 0 Å². The highest BCUT2D eigenvalue weighted by Crippen LogP contribution is 2.39. The Morgan fingerprint density at radius 3 is 2.27 bits per heavy atom. The summed E-state index contributed by atoms with van der Waals surface area (Å²) >= 11 is 0. The molecule has 1 atom stereocenters. The Morgan fingerprint density at radius 1 is 1.00 bits per heavy atom. The maximum atomic E-state index is 15.1. The molecule has 8 nitrogen and oxygen atoms in total. The van der Waals surface area contributed by atoms with Crippen LogP contribution in [0.3, 0.4) is 0 Å². The van der Waals surface area contributed by atoms with Crippen molar-refractivity contribution >= 4 is 16.8 Å². The number of carbonyl (C=O) groups excluding carboxylic acids is 1. The second-order valence-electron chi connectivity index (χ2n) is 10.2. The highest BCUT2D eigenvalue weighted by atomic mass is 19.3. The molecule has 4 aromatic rings. The second kappa shape index (κ2) is 10.5. The third-order valence-electron chi connectivity index (χ3n) is 6.59. The lowest BCUT2D eigenvalue weighted by Crippen LogP contribution is -2.52. The standard InChI is InChI=1S/C29H29F3N4O4/c1-16-10-18-11-19(12-23(40-5)25(18)36-35-16)26(37)33-15-29(39,28(4,31)32)24-14-20(27(2,3)38)13-22(34-24)17-6-8-21(30)9-7-17/h6-14,38-39H,15H2,1-5H3,(H,33,37)/t29-/m0/s1. The summed E-state index contributed by atoms with van der Waals surface area (Å²) in [5.74, 6) is -4.79. The molecule has 0 radical (unpaired) electrons. The maximum absolute atomic E-state index is 15.1. The highest BCUT2D eigenvalue weighted by molar-refractivity contribution is 5.99. The molecule has 0 aliphatic rings. The number of methoxy groups -OCH3 is 1. The van der Waals surface area contributed by atoms with Crippen molar-refractivity contribution in [2.45, 2.75) is 44.8 Å². The number of pyridine rings is 1. The van der Waals surface area contributed by atoms with Gasteiger partial charge < -0.3 is 20.3 Å². The average Bonchev–Trinajstić information content (AvgIpc) is 2.89. The molecule has 0 saturated carbocycles. The molecule has 2 aromatic heterocycles. The van der Waals surface area contributed by atoms with Gasteiger partial charge in [-0.15, -0.1) is 5.10 Å². The lowest BCUT2D eigenvalue weighted by atomic mass is 9.87. The number of alkyl halides is 2. The fourth-order valence-corrected chi connectivity index (χ4v) is 4.16. The van der Waals surface area contributed by atoms with Gasteiger partial charge in [0.15, 0.2) is 5.60 Å². The molecule has 2 heterocycles. The maximum Gasteiger partial charge on any atom is 0.280 e. The number of hydrogen-bond donors (Lipinski definition) is 3. The zero-order chi connectivity index (χ0) is 29.5. The molecule has 210 valence electrons. The summed E-state index contributed by atoms with van der Waals surface area (Å²) < 4.78 is 49.1. The van der Waals surface area contributed by atoms with Crippen LogP contribution in [0.4, 0.5) is 13.2 Å². The second-order valence-corrected chi connectivity index (χ2v) is 10.2. The zero-order valence-corrected chi connectivity index (χ0v) is 22.6.